The minimum absolute atomic E-state index is 0.0275. The number of hydrogen-bond donors (Lipinski definition) is 8. The van der Waals surface area contributed by atoms with Gasteiger partial charge in [0.15, 0.2) is 23.3 Å². The van der Waals surface area contributed by atoms with Crippen LogP contribution >= 0.6 is 0 Å². The fourth-order valence-corrected chi connectivity index (χ4v) is 34.1. The Hall–Kier alpha value is -11.8. The maximum Gasteiger partial charge on any atom is 0.229 e. The summed E-state index contributed by atoms with van der Waals surface area (Å²) in [6, 6.07) is 49.6. The van der Waals surface area contributed by atoms with Gasteiger partial charge in [-0.15, -0.1) is 0 Å². The lowest BCUT2D eigenvalue weighted by Crippen LogP contribution is -2.47. The van der Waals surface area contributed by atoms with Gasteiger partial charge in [0, 0.05) is 64.8 Å². The molecule has 20 nitrogen and oxygen atoms in total. The largest absolute Gasteiger partial charge is 0.399 e. The van der Waals surface area contributed by atoms with Gasteiger partial charge in [0.2, 0.25) is 23.6 Å². The van der Waals surface area contributed by atoms with Crippen LogP contribution in [0.3, 0.4) is 0 Å². The highest BCUT2D eigenvalue weighted by Gasteiger charge is 2.56. The summed E-state index contributed by atoms with van der Waals surface area (Å²) in [5.74, 6) is 14.1. The Morgan fingerprint density at radius 1 is 0.312 bits per heavy atom. The van der Waals surface area contributed by atoms with Crippen molar-refractivity contribution in [1.29, 1.82) is 0 Å². The van der Waals surface area contributed by atoms with E-state index in [1.807, 2.05) is 42.5 Å². The number of aromatic nitrogens is 8. The highest BCUT2D eigenvalue weighted by molar-refractivity contribution is 5.95. The molecule has 0 atom stereocenters. The second kappa shape index (κ2) is 38.2. The molecule has 17 saturated carbocycles. The first-order chi connectivity index (χ1) is 70.0. The number of benzene rings is 7. The van der Waals surface area contributed by atoms with Gasteiger partial charge in [-0.2, -0.15) is 0 Å². The van der Waals surface area contributed by atoms with Gasteiger partial charge < -0.3 is 44.2 Å². The van der Waals surface area contributed by atoms with Crippen molar-refractivity contribution in [2.45, 2.75) is 302 Å². The van der Waals surface area contributed by atoms with Gasteiger partial charge in [0.25, 0.3) is 0 Å². The summed E-state index contributed by atoms with van der Waals surface area (Å²) >= 11 is 0. The highest BCUT2D eigenvalue weighted by Crippen LogP contribution is 2.66. The smallest absolute Gasteiger partial charge is 0.229 e. The molecule has 0 unspecified atom stereocenters. The van der Waals surface area contributed by atoms with E-state index in [1.165, 1.54) is 225 Å². The Labute approximate surface area is 848 Å². The predicted molar refractivity (Wildman–Crippen MR) is 573 cm³/mol. The molecule has 144 heavy (non-hydrogen) atoms. The van der Waals surface area contributed by atoms with Gasteiger partial charge in [0.1, 0.15) is 0 Å². The molecular formula is C124H144N16O4. The summed E-state index contributed by atoms with van der Waals surface area (Å²) in [6.45, 7) is 1.56. The van der Waals surface area contributed by atoms with Crippen molar-refractivity contribution in [3.8, 4) is 45.0 Å². The maximum absolute atomic E-state index is 13.4. The van der Waals surface area contributed by atoms with E-state index in [9.17, 15) is 19.2 Å². The minimum atomic E-state index is -0.0694. The predicted octanol–water partition coefficient (Wildman–Crippen LogP) is 24.5. The number of amides is 4. The first-order valence-electron chi connectivity index (χ1n) is 55.8. The van der Waals surface area contributed by atoms with Crippen LogP contribution < -0.4 is 44.2 Å². The topological polar surface area (TPSA) is 324 Å². The van der Waals surface area contributed by atoms with Crippen molar-refractivity contribution in [1.82, 2.24) is 39.9 Å². The quantitative estimate of drug-likeness (QED) is 0.0329. The normalized spacial score (nSPS) is 28.3. The van der Waals surface area contributed by atoms with Crippen LogP contribution in [0, 0.1) is 98.6 Å². The summed E-state index contributed by atoms with van der Waals surface area (Å²) in [5, 5.41) is 15.1. The highest BCUT2D eigenvalue weighted by atomic mass is 16.2. The molecular weight excluding hydrogens is 1780 g/mol. The summed E-state index contributed by atoms with van der Waals surface area (Å²) in [4.78, 5) is 93.3. The number of nitrogens with zero attached hydrogens (tertiary/aromatic N) is 8. The fourth-order valence-electron chi connectivity index (χ4n) is 34.1. The standard InChI is InChI=1S/C35H36N4O.C33H38N4O.C31H40N4O.C25H30N4O/c36-28-8-9-29-27(16-28)7-10-30-33(29)37-31(20-35-17-22-11-23(18-35)13-24(12-22)19-35)34(38-30)39-32(40)15-21-5-6-25-3-1-2-4-26(25)14-21;34-26-10-11-27-25(16-26)9-12-28-31(27)35-29(20-33-17-22-13-23(18-33)15-24(14-22)19-33)32(36-28)37-30(38)8-4-7-21-5-2-1-3-6-21;32-24-7-8-25-23(14-24)6-9-26-29(25)33-27(18-31-15-20-10-21(16-31)12-22(11-20)17-31)30(34-26)35-28(36)13-19-4-2-1-3-5-19;1-14(30)27-24-22(13-25-10-15-6-16(11-25)8-17(7-15)12-25)28-23-20-4-3-19(26)9-18(20)2-5-21(23)29-24/h1-6,8-9,14,16,22-24H,7,10-13,15,17-20,36H2,(H,38,39,40);1-3,5-6,10-11,16,22-24H,4,7-9,12-15,17-20,34H2,(H,36,37,38);7-8,14,19-22H,1-6,9-13,15-18,32H2,(H,34,35,36);3-4,9,15-17H,2,5-8,10-13,26H2,1H3,(H,27,29,30). The van der Waals surface area contributed by atoms with Crippen molar-refractivity contribution in [3.63, 3.8) is 0 Å². The SMILES string of the molecule is CC(=O)Nc1nc2c(nc1CC13CC4CC(CC(C4)C1)C3)-c1ccc(N)cc1CC2.Nc1ccc2c(c1)CCc1nc(NC(=O)CC3CCCCC3)c(CC34CC5CC(CC(C5)C3)C4)nc1-2.Nc1ccc2c(c1)CCc1nc(NC(=O)CCCc3ccccc3)c(CC34CC5CC(CC(C5)C3)C4)nc1-2.Nc1ccc2c(c1)CCc1nc(NC(=O)Cc3ccc4ccccc4c3)c(CC34CC5CC(CC(C5)C3)C4)nc1-2. The van der Waals surface area contributed by atoms with Crippen LogP contribution in [0.15, 0.2) is 146 Å². The average Bonchev–Trinajstić information content (AvgIpc) is 0.744. The third kappa shape index (κ3) is 19.5. The van der Waals surface area contributed by atoms with Crippen LogP contribution in [0.4, 0.5) is 46.0 Å². The zero-order chi connectivity index (χ0) is 97.3. The Morgan fingerprint density at radius 2 is 0.625 bits per heavy atom. The van der Waals surface area contributed by atoms with Crippen molar-refractivity contribution >= 4 is 80.4 Å². The number of carbonyl (C=O) groups excluding carboxylic acids is 4. The van der Waals surface area contributed by atoms with Crippen LogP contribution in [-0.2, 0) is 109 Å². The van der Waals surface area contributed by atoms with E-state index in [4.69, 9.17) is 62.8 Å². The van der Waals surface area contributed by atoms with Crippen molar-refractivity contribution in [3.05, 3.63) is 225 Å². The van der Waals surface area contributed by atoms with Gasteiger partial charge in [-0.3, -0.25) is 19.2 Å². The molecule has 4 amide bonds. The summed E-state index contributed by atoms with van der Waals surface area (Å²) in [6.07, 6.45) is 53.0. The van der Waals surface area contributed by atoms with Crippen LogP contribution in [0.1, 0.15) is 291 Å². The summed E-state index contributed by atoms with van der Waals surface area (Å²) in [5.41, 5.74) is 52.7. The average molecular weight is 1920 g/mol. The number of rotatable bonds is 20. The maximum atomic E-state index is 13.4. The van der Waals surface area contributed by atoms with Gasteiger partial charge in [-0.25, -0.2) is 39.9 Å². The van der Waals surface area contributed by atoms with Gasteiger partial charge in [0.05, 0.1) is 74.7 Å². The third-order valence-corrected chi connectivity index (χ3v) is 38.2. The zero-order valence-corrected chi connectivity index (χ0v) is 84.4. The summed E-state index contributed by atoms with van der Waals surface area (Å²) in [7, 11) is 0. The van der Waals surface area contributed by atoms with E-state index in [0.717, 1.165) is 285 Å². The molecule has 4 heterocycles. The molecule has 0 saturated heterocycles. The molecule has 0 radical (unpaired) electrons. The molecule has 12 N–H and O–H groups in total. The molecule has 11 aromatic rings. The molecule has 20 heteroatoms. The minimum Gasteiger partial charge on any atom is -0.399 e. The first-order valence-corrected chi connectivity index (χ1v) is 55.8. The molecule has 4 aromatic heterocycles. The third-order valence-electron chi connectivity index (χ3n) is 38.2. The second-order valence-corrected chi connectivity index (χ2v) is 49.5. The number of nitrogens with one attached hydrogen (secondary N) is 4. The van der Waals surface area contributed by atoms with E-state index >= 15 is 0 Å². The fraction of sp³-hybridized carbons (Fsp3) is 0.516. The van der Waals surface area contributed by atoms with E-state index in [-0.39, 0.29) is 23.6 Å². The number of nitrogen functional groups attached to an aromatic ring is 4. The van der Waals surface area contributed by atoms with E-state index in [2.05, 4.69) is 124 Å². The molecule has 21 aliphatic rings. The van der Waals surface area contributed by atoms with E-state index < -0.39 is 0 Å². The van der Waals surface area contributed by atoms with Crippen LogP contribution in [-0.4, -0.2) is 63.5 Å². The number of carbonyl (C=O) groups is 4. The zero-order valence-electron chi connectivity index (χ0n) is 84.4. The molecule has 16 bridgehead atoms. The summed E-state index contributed by atoms with van der Waals surface area (Å²) < 4.78 is 0. The molecule has 0 aliphatic heterocycles. The number of aryl methyl sites for hydroxylation is 9. The van der Waals surface area contributed by atoms with Gasteiger partial charge in [-0.05, 0) is 448 Å². The van der Waals surface area contributed by atoms with Crippen LogP contribution in [0.2, 0.25) is 0 Å². The molecule has 7 aromatic carbocycles. The Morgan fingerprint density at radius 3 is 0.965 bits per heavy atom. The van der Waals surface area contributed by atoms with Gasteiger partial charge in [-0.1, -0.05) is 116 Å². The first kappa shape index (κ1) is 93.3. The van der Waals surface area contributed by atoms with Crippen LogP contribution in [0.25, 0.3) is 55.8 Å². The Balaban J connectivity index is 0.000000101. The van der Waals surface area contributed by atoms with E-state index in [1.54, 1.807) is 6.92 Å². The molecule has 744 valence electrons. The molecule has 32 rings (SSSR count). The van der Waals surface area contributed by atoms with E-state index in [0.29, 0.717) is 64.3 Å². The second-order valence-electron chi connectivity index (χ2n) is 49.5. The molecule has 17 fully saturated rings. The Kier molecular flexibility index (Phi) is 24.8. The molecule has 0 spiro atoms. The Bertz CT molecular complexity index is 6710. The number of anilines is 8. The number of hydrogen-bond acceptors (Lipinski definition) is 16. The molecule has 21 aliphatic carbocycles. The number of fused-ring (bicyclic) bond motifs is 13. The van der Waals surface area contributed by atoms with Gasteiger partial charge >= 0.3 is 0 Å². The lowest BCUT2D eigenvalue weighted by molar-refractivity contribution is -0.117. The lowest BCUT2D eigenvalue weighted by atomic mass is 9.48. The monoisotopic (exact) mass is 1920 g/mol. The van der Waals surface area contributed by atoms with Crippen molar-refractivity contribution in [2.24, 2.45) is 98.6 Å². The van der Waals surface area contributed by atoms with Crippen LogP contribution in [0.5, 0.6) is 0 Å². The number of nitrogens with two attached hydrogens (primary N) is 4. The lowest BCUT2D eigenvalue weighted by Gasteiger charge is -2.57. The van der Waals surface area contributed by atoms with Crippen molar-refractivity contribution < 1.29 is 19.2 Å². The van der Waals surface area contributed by atoms with Crippen molar-refractivity contribution in [2.75, 3.05) is 44.2 Å².